The number of hydrogen-bond acceptors (Lipinski definition) is 6. The number of nitrogens with one attached hydrogen (secondary N) is 2. The Morgan fingerprint density at radius 1 is 1.07 bits per heavy atom. The van der Waals surface area contributed by atoms with Gasteiger partial charge >= 0.3 is 6.18 Å². The van der Waals surface area contributed by atoms with E-state index in [1.165, 1.54) is 37.3 Å². The molecule has 1 saturated heterocycles. The van der Waals surface area contributed by atoms with Gasteiger partial charge in [0.1, 0.15) is 23.1 Å². The lowest BCUT2D eigenvalue weighted by molar-refractivity contribution is -0.141. The van der Waals surface area contributed by atoms with Crippen LogP contribution in [0.5, 0.6) is 0 Å². The molecule has 244 valence electrons. The topological polar surface area (TPSA) is 94.6 Å². The summed E-state index contributed by atoms with van der Waals surface area (Å²) in [5.41, 5.74) is -0.173. The molecule has 0 spiro atoms. The Morgan fingerprint density at radius 2 is 1.76 bits per heavy atom. The lowest BCUT2D eigenvalue weighted by Crippen LogP contribution is -2.54. The van der Waals surface area contributed by atoms with Gasteiger partial charge in [0.05, 0.1) is 17.9 Å². The molecular weight excluding hydrogens is 617 g/mol. The molecule has 0 radical (unpaired) electrons. The number of pyridine rings is 1. The van der Waals surface area contributed by atoms with Crippen molar-refractivity contribution in [2.24, 2.45) is 0 Å². The zero-order valence-electron chi connectivity index (χ0n) is 25.4. The fourth-order valence-corrected chi connectivity index (χ4v) is 6.13. The molecular formula is C31H36F5N5O3S. The van der Waals surface area contributed by atoms with Crippen LogP contribution in [0.25, 0.3) is 0 Å². The maximum Gasteiger partial charge on any atom is 0.433 e. The summed E-state index contributed by atoms with van der Waals surface area (Å²) in [6, 6.07) is 12.2. The Kier molecular flexibility index (Phi) is 10.1. The molecule has 1 aliphatic heterocycles. The van der Waals surface area contributed by atoms with Crippen molar-refractivity contribution in [2.45, 2.75) is 50.4 Å². The third kappa shape index (κ3) is 8.48. The van der Waals surface area contributed by atoms with Gasteiger partial charge in [-0.1, -0.05) is 24.3 Å². The molecule has 1 aliphatic rings. The molecule has 2 aromatic carbocycles. The predicted octanol–water partition coefficient (Wildman–Crippen LogP) is 5.31. The fourth-order valence-electron chi connectivity index (χ4n) is 5.56. The minimum atomic E-state index is -4.67. The summed E-state index contributed by atoms with van der Waals surface area (Å²) in [5, 5.41) is 2.72. The Bertz CT molecular complexity index is 1640. The van der Waals surface area contributed by atoms with E-state index in [-0.39, 0.29) is 35.0 Å². The Morgan fingerprint density at radius 3 is 2.33 bits per heavy atom. The number of sulfonamides is 1. The highest BCUT2D eigenvalue weighted by Crippen LogP contribution is 2.36. The van der Waals surface area contributed by atoms with Gasteiger partial charge in [-0.2, -0.15) is 13.2 Å². The Balaban J connectivity index is 1.51. The number of anilines is 2. The number of carbonyl (C=O) groups is 1. The second-order valence-corrected chi connectivity index (χ2v) is 13.4. The van der Waals surface area contributed by atoms with E-state index in [0.717, 1.165) is 24.0 Å². The third-order valence-electron chi connectivity index (χ3n) is 8.25. The summed E-state index contributed by atoms with van der Waals surface area (Å²) in [4.78, 5) is 20.8. The molecule has 8 nitrogen and oxygen atoms in total. The van der Waals surface area contributed by atoms with Crippen molar-refractivity contribution < 1.29 is 35.2 Å². The summed E-state index contributed by atoms with van der Waals surface area (Å²) >= 11 is 0. The Hall–Kier alpha value is -3.78. The molecule has 0 saturated carbocycles. The lowest BCUT2D eigenvalue weighted by Gasteiger charge is -2.47. The number of rotatable bonds is 10. The number of piperidine rings is 1. The molecule has 0 aliphatic carbocycles. The number of nitrogens with zero attached hydrogens (tertiary/aromatic N) is 3. The smallest absolute Gasteiger partial charge is 0.356 e. The molecule has 2 N–H and O–H groups in total. The SMILES string of the molecule is CC(C(=O)NCc1ccc(C(F)(F)F)nc1N1CCC(Cc2cccc(F)c2)(N(C)C)CC1)c1ccc(NS(C)(=O)=O)c(F)c1. The van der Waals surface area contributed by atoms with Gasteiger partial charge in [0, 0.05) is 30.7 Å². The summed E-state index contributed by atoms with van der Waals surface area (Å²) in [5.74, 6) is -2.44. The van der Waals surface area contributed by atoms with E-state index in [2.05, 4.69) is 19.9 Å². The van der Waals surface area contributed by atoms with Crippen LogP contribution in [0.15, 0.2) is 54.6 Å². The number of carbonyl (C=O) groups excluding carboxylic acids is 1. The van der Waals surface area contributed by atoms with E-state index in [1.54, 1.807) is 11.0 Å². The van der Waals surface area contributed by atoms with E-state index < -0.39 is 39.5 Å². The van der Waals surface area contributed by atoms with Gasteiger partial charge in [-0.15, -0.1) is 0 Å². The molecule has 1 fully saturated rings. The predicted molar refractivity (Wildman–Crippen MR) is 162 cm³/mol. The summed E-state index contributed by atoms with van der Waals surface area (Å²) < 4.78 is 94.3. The van der Waals surface area contributed by atoms with Crippen molar-refractivity contribution in [3.8, 4) is 0 Å². The van der Waals surface area contributed by atoms with Crippen LogP contribution >= 0.6 is 0 Å². The molecule has 0 bridgehead atoms. The van der Waals surface area contributed by atoms with Crippen molar-refractivity contribution in [3.63, 3.8) is 0 Å². The van der Waals surface area contributed by atoms with Gasteiger partial charge in [-0.05, 0) is 81.7 Å². The van der Waals surface area contributed by atoms with Crippen LogP contribution in [0.4, 0.5) is 33.5 Å². The van der Waals surface area contributed by atoms with E-state index in [9.17, 15) is 35.2 Å². The number of likely N-dealkylation sites (N-methyl/N-ethyl adjacent to an activating group) is 1. The van der Waals surface area contributed by atoms with Crippen molar-refractivity contribution in [2.75, 3.05) is 43.1 Å². The average Bonchev–Trinajstić information content (AvgIpc) is 2.95. The van der Waals surface area contributed by atoms with Crippen LogP contribution in [0.2, 0.25) is 0 Å². The zero-order valence-corrected chi connectivity index (χ0v) is 26.2. The van der Waals surface area contributed by atoms with Gasteiger partial charge in [0.25, 0.3) is 0 Å². The van der Waals surface area contributed by atoms with Crippen molar-refractivity contribution in [3.05, 3.63) is 88.6 Å². The normalized spacial score (nSPS) is 16.0. The monoisotopic (exact) mass is 653 g/mol. The molecule has 2 heterocycles. The average molecular weight is 654 g/mol. The number of aromatic nitrogens is 1. The first-order valence-corrected chi connectivity index (χ1v) is 16.2. The maximum atomic E-state index is 14.5. The minimum absolute atomic E-state index is 0.109. The molecule has 3 aromatic rings. The molecule has 1 unspecified atom stereocenters. The maximum absolute atomic E-state index is 14.5. The van der Waals surface area contributed by atoms with Crippen LogP contribution in [0.1, 0.15) is 48.1 Å². The number of benzene rings is 2. The molecule has 14 heteroatoms. The lowest BCUT2D eigenvalue weighted by atomic mass is 9.80. The molecule has 4 rings (SSSR count). The second kappa shape index (κ2) is 13.3. The van der Waals surface area contributed by atoms with Crippen LogP contribution in [-0.4, -0.2) is 63.2 Å². The number of halogens is 5. The van der Waals surface area contributed by atoms with Crippen LogP contribution in [0.3, 0.4) is 0 Å². The largest absolute Gasteiger partial charge is 0.433 e. The van der Waals surface area contributed by atoms with Crippen molar-refractivity contribution >= 4 is 27.4 Å². The van der Waals surface area contributed by atoms with Crippen LogP contribution in [0, 0.1) is 11.6 Å². The van der Waals surface area contributed by atoms with Gasteiger partial charge in [-0.25, -0.2) is 22.2 Å². The standard InChI is InChI=1S/C31H36F5N5O3S/c1-20(22-8-10-26(25(33)17-22)39-45(4,43)44)29(42)37-19-23-9-11-27(31(34,35)36)38-28(23)41-14-12-30(13-15-41,40(2)3)18-21-6-5-7-24(32)16-21/h5-11,16-17,20,39H,12-15,18-19H2,1-4H3,(H,37,42). The minimum Gasteiger partial charge on any atom is -0.356 e. The molecule has 1 atom stereocenters. The van der Waals surface area contributed by atoms with Crippen LogP contribution in [-0.2, 0) is 34.0 Å². The van der Waals surface area contributed by atoms with Gasteiger partial charge in [-0.3, -0.25) is 9.52 Å². The quantitative estimate of drug-likeness (QED) is 0.288. The second-order valence-electron chi connectivity index (χ2n) is 11.6. The van der Waals surface area contributed by atoms with E-state index >= 15 is 0 Å². The fraction of sp³-hybridized carbons (Fsp3) is 0.419. The Labute approximate surface area is 259 Å². The number of amides is 1. The number of hydrogen-bond donors (Lipinski definition) is 2. The highest BCUT2D eigenvalue weighted by atomic mass is 32.2. The van der Waals surface area contributed by atoms with Crippen molar-refractivity contribution in [1.29, 1.82) is 0 Å². The van der Waals surface area contributed by atoms with Gasteiger partial charge in [0.2, 0.25) is 15.9 Å². The van der Waals surface area contributed by atoms with E-state index in [1.807, 2.05) is 20.2 Å². The summed E-state index contributed by atoms with van der Waals surface area (Å²) in [6.45, 7) is 2.17. The first-order chi connectivity index (χ1) is 21.0. The van der Waals surface area contributed by atoms with E-state index in [4.69, 9.17) is 0 Å². The van der Waals surface area contributed by atoms with Gasteiger partial charge < -0.3 is 15.1 Å². The van der Waals surface area contributed by atoms with Crippen LogP contribution < -0.4 is 14.9 Å². The summed E-state index contributed by atoms with van der Waals surface area (Å²) in [7, 11) is 0.157. The van der Waals surface area contributed by atoms with Gasteiger partial charge in [0.15, 0.2) is 0 Å². The highest BCUT2D eigenvalue weighted by molar-refractivity contribution is 7.92. The van der Waals surface area contributed by atoms with Crippen molar-refractivity contribution in [1.82, 2.24) is 15.2 Å². The first-order valence-electron chi connectivity index (χ1n) is 14.3. The molecule has 1 amide bonds. The highest BCUT2D eigenvalue weighted by Gasteiger charge is 2.39. The first kappa shape index (κ1) is 34.1. The zero-order chi connectivity index (χ0) is 33.2. The van der Waals surface area contributed by atoms with E-state index in [0.29, 0.717) is 37.9 Å². The molecule has 1 aromatic heterocycles. The third-order valence-corrected chi connectivity index (χ3v) is 8.84. The number of alkyl halides is 3. The molecule has 45 heavy (non-hydrogen) atoms. The summed E-state index contributed by atoms with van der Waals surface area (Å²) in [6.07, 6.45) is -2.07.